The van der Waals surface area contributed by atoms with Crippen molar-refractivity contribution >= 4 is 5.97 Å². The number of carbonyl (C=O) groups is 1. The van der Waals surface area contributed by atoms with Crippen molar-refractivity contribution < 1.29 is 19.1 Å². The second-order valence-electron chi connectivity index (χ2n) is 8.48. The zero-order valence-corrected chi connectivity index (χ0v) is 18.3. The molecular formula is C22H43NO4. The van der Waals surface area contributed by atoms with Crippen molar-refractivity contribution in [3.8, 4) is 0 Å². The van der Waals surface area contributed by atoms with Gasteiger partial charge in [0, 0.05) is 6.42 Å². The highest BCUT2D eigenvalue weighted by atomic mass is 16.7. The topological polar surface area (TPSA) is 48.0 Å². The summed E-state index contributed by atoms with van der Waals surface area (Å²) >= 11 is 0. The van der Waals surface area contributed by atoms with Gasteiger partial charge in [-0.1, -0.05) is 64.7 Å². The Balaban J connectivity index is 2.25. The van der Waals surface area contributed by atoms with Gasteiger partial charge in [-0.05, 0) is 33.1 Å². The number of esters is 1. The van der Waals surface area contributed by atoms with Gasteiger partial charge in [0.05, 0.1) is 25.4 Å². The lowest BCUT2D eigenvalue weighted by molar-refractivity contribution is -0.238. The van der Waals surface area contributed by atoms with E-state index < -0.39 is 0 Å². The maximum Gasteiger partial charge on any atom is 0.305 e. The molecule has 0 aromatic heterocycles. The van der Waals surface area contributed by atoms with Gasteiger partial charge < -0.3 is 9.47 Å². The Morgan fingerprint density at radius 3 is 2.15 bits per heavy atom. The minimum atomic E-state index is -0.137. The normalized spacial score (nSPS) is 17.9. The Labute approximate surface area is 167 Å². The molecule has 0 spiro atoms. The van der Waals surface area contributed by atoms with Gasteiger partial charge in [-0.3, -0.25) is 9.63 Å². The Kier molecular flexibility index (Phi) is 13.0. The molecule has 1 unspecified atom stereocenters. The minimum absolute atomic E-state index is 0.0842. The maximum absolute atomic E-state index is 11.4. The van der Waals surface area contributed by atoms with Crippen molar-refractivity contribution in [3.05, 3.63) is 0 Å². The summed E-state index contributed by atoms with van der Waals surface area (Å²) < 4.78 is 10.3. The fourth-order valence-corrected chi connectivity index (χ4v) is 3.49. The standard InChI is InChI=1S/C22H43NO4/c1-5-6-7-8-9-10-11-12-13-15-20(16-14-17-21(24)25-4)27-23-19-26-18-22(23,2)3/h20H,5-19H2,1-4H3. The van der Waals surface area contributed by atoms with Gasteiger partial charge in [0.1, 0.15) is 6.73 Å². The molecule has 1 aliphatic heterocycles. The van der Waals surface area contributed by atoms with E-state index in [0.29, 0.717) is 19.8 Å². The van der Waals surface area contributed by atoms with E-state index >= 15 is 0 Å². The lowest BCUT2D eigenvalue weighted by Gasteiger charge is -2.32. The number of methoxy groups -OCH3 is 1. The zero-order chi connectivity index (χ0) is 20.0. The molecule has 0 aromatic carbocycles. The fourth-order valence-electron chi connectivity index (χ4n) is 3.49. The number of rotatable bonds is 16. The molecule has 1 saturated heterocycles. The summed E-state index contributed by atoms with van der Waals surface area (Å²) in [6, 6.07) is 0. The molecule has 5 nitrogen and oxygen atoms in total. The third-order valence-electron chi connectivity index (χ3n) is 5.38. The molecular weight excluding hydrogens is 342 g/mol. The SMILES string of the molecule is CCCCCCCCCCCC(CCCC(=O)OC)ON1COCC1(C)C. The van der Waals surface area contributed by atoms with Crippen LogP contribution in [0.5, 0.6) is 0 Å². The second kappa shape index (κ2) is 14.4. The van der Waals surface area contributed by atoms with E-state index in [9.17, 15) is 4.79 Å². The predicted molar refractivity (Wildman–Crippen MR) is 109 cm³/mol. The van der Waals surface area contributed by atoms with E-state index in [-0.39, 0.29) is 17.6 Å². The third kappa shape index (κ3) is 11.1. The average Bonchev–Trinajstić information content (AvgIpc) is 2.97. The van der Waals surface area contributed by atoms with E-state index in [0.717, 1.165) is 19.3 Å². The highest BCUT2D eigenvalue weighted by Gasteiger charge is 2.35. The van der Waals surface area contributed by atoms with Crippen LogP contribution in [0.1, 0.15) is 104 Å². The number of ether oxygens (including phenoxy) is 2. The van der Waals surface area contributed by atoms with Crippen LogP contribution in [0.15, 0.2) is 0 Å². The molecule has 27 heavy (non-hydrogen) atoms. The highest BCUT2D eigenvalue weighted by Crippen LogP contribution is 2.25. The summed E-state index contributed by atoms with van der Waals surface area (Å²) in [5.41, 5.74) is -0.0842. The highest BCUT2D eigenvalue weighted by molar-refractivity contribution is 5.68. The average molecular weight is 386 g/mol. The summed E-state index contributed by atoms with van der Waals surface area (Å²) in [4.78, 5) is 17.6. The molecule has 1 rings (SSSR count). The number of unbranched alkanes of at least 4 members (excludes halogenated alkanes) is 8. The van der Waals surface area contributed by atoms with E-state index in [1.165, 1.54) is 64.9 Å². The summed E-state index contributed by atoms with van der Waals surface area (Å²) in [7, 11) is 1.45. The number of hydrogen-bond donors (Lipinski definition) is 0. The molecule has 0 aliphatic carbocycles. The molecule has 0 radical (unpaired) electrons. The van der Waals surface area contributed by atoms with E-state index in [1.807, 2.05) is 5.06 Å². The first-order valence-corrected chi connectivity index (χ1v) is 11.1. The van der Waals surface area contributed by atoms with Crippen LogP contribution in [-0.4, -0.2) is 43.1 Å². The molecule has 160 valence electrons. The van der Waals surface area contributed by atoms with Crippen LogP contribution in [0.4, 0.5) is 0 Å². The number of hydroxylamine groups is 2. The molecule has 0 bridgehead atoms. The summed E-state index contributed by atoms with van der Waals surface area (Å²) in [5, 5.41) is 1.98. The molecule has 0 saturated carbocycles. The number of nitrogens with zero attached hydrogens (tertiary/aromatic N) is 1. The Morgan fingerprint density at radius 1 is 1.00 bits per heavy atom. The first kappa shape index (κ1) is 24.4. The first-order chi connectivity index (χ1) is 13.0. The smallest absolute Gasteiger partial charge is 0.305 e. The second-order valence-corrected chi connectivity index (χ2v) is 8.48. The maximum atomic E-state index is 11.4. The number of hydrogen-bond acceptors (Lipinski definition) is 5. The molecule has 1 aliphatic rings. The Bertz CT molecular complexity index is 387. The van der Waals surface area contributed by atoms with Crippen LogP contribution in [0.25, 0.3) is 0 Å². The molecule has 0 N–H and O–H groups in total. The molecule has 1 fully saturated rings. The molecule has 1 heterocycles. The molecule has 5 heteroatoms. The van der Waals surface area contributed by atoms with Crippen LogP contribution < -0.4 is 0 Å². The van der Waals surface area contributed by atoms with Crippen LogP contribution in [0.2, 0.25) is 0 Å². The van der Waals surface area contributed by atoms with Gasteiger partial charge in [0.15, 0.2) is 0 Å². The third-order valence-corrected chi connectivity index (χ3v) is 5.38. The zero-order valence-electron chi connectivity index (χ0n) is 18.3. The van der Waals surface area contributed by atoms with Crippen molar-refractivity contribution in [1.82, 2.24) is 5.06 Å². The largest absolute Gasteiger partial charge is 0.469 e. The molecule has 1 atom stereocenters. The summed E-state index contributed by atoms with van der Waals surface area (Å²) in [5.74, 6) is -0.137. The first-order valence-electron chi connectivity index (χ1n) is 11.1. The quantitative estimate of drug-likeness (QED) is 0.255. The van der Waals surface area contributed by atoms with E-state index in [2.05, 4.69) is 20.8 Å². The predicted octanol–water partition coefficient (Wildman–Crippen LogP) is 5.62. The van der Waals surface area contributed by atoms with Gasteiger partial charge in [-0.15, -0.1) is 0 Å². The summed E-state index contributed by atoms with van der Waals surface area (Å²) in [6.07, 6.45) is 15.3. The lowest BCUT2D eigenvalue weighted by atomic mass is 10.0. The van der Waals surface area contributed by atoms with Gasteiger partial charge in [0.2, 0.25) is 0 Å². The molecule has 0 amide bonds. The van der Waals surface area contributed by atoms with Crippen molar-refractivity contribution in [1.29, 1.82) is 0 Å². The Morgan fingerprint density at radius 2 is 1.59 bits per heavy atom. The van der Waals surface area contributed by atoms with Crippen LogP contribution >= 0.6 is 0 Å². The van der Waals surface area contributed by atoms with Gasteiger partial charge in [-0.25, -0.2) is 0 Å². The monoisotopic (exact) mass is 385 g/mol. The molecule has 0 aromatic rings. The minimum Gasteiger partial charge on any atom is -0.469 e. The Hall–Kier alpha value is -0.650. The van der Waals surface area contributed by atoms with Crippen LogP contribution in [0.3, 0.4) is 0 Å². The van der Waals surface area contributed by atoms with Gasteiger partial charge >= 0.3 is 5.97 Å². The van der Waals surface area contributed by atoms with Gasteiger partial charge in [-0.2, -0.15) is 5.06 Å². The van der Waals surface area contributed by atoms with Crippen molar-refractivity contribution in [2.45, 2.75) is 116 Å². The van der Waals surface area contributed by atoms with Crippen molar-refractivity contribution in [3.63, 3.8) is 0 Å². The van der Waals surface area contributed by atoms with Gasteiger partial charge in [0.25, 0.3) is 0 Å². The van der Waals surface area contributed by atoms with E-state index in [1.54, 1.807) is 0 Å². The van der Waals surface area contributed by atoms with Crippen molar-refractivity contribution in [2.75, 3.05) is 20.4 Å². The number of carbonyl (C=O) groups excluding carboxylic acids is 1. The van der Waals surface area contributed by atoms with Crippen molar-refractivity contribution in [2.24, 2.45) is 0 Å². The van der Waals surface area contributed by atoms with Crippen LogP contribution in [0, 0.1) is 0 Å². The summed E-state index contributed by atoms with van der Waals surface area (Å²) in [6.45, 7) is 7.77. The van der Waals surface area contributed by atoms with Crippen LogP contribution in [-0.2, 0) is 19.1 Å². The lowest BCUT2D eigenvalue weighted by Crippen LogP contribution is -2.42. The van der Waals surface area contributed by atoms with E-state index in [4.69, 9.17) is 14.3 Å². The fraction of sp³-hybridized carbons (Fsp3) is 0.955.